The lowest BCUT2D eigenvalue weighted by Gasteiger charge is -2.18. The number of sulfonamides is 1. The molecule has 0 fully saturated rings. The van der Waals surface area contributed by atoms with Gasteiger partial charge in [-0.15, -0.1) is 0 Å². The number of hydrogen-bond acceptors (Lipinski definition) is 5. The molecule has 42 heavy (non-hydrogen) atoms. The molecule has 0 aliphatic heterocycles. The summed E-state index contributed by atoms with van der Waals surface area (Å²) in [5.41, 5.74) is 4.36. The van der Waals surface area contributed by atoms with Crippen LogP contribution in [0.25, 0.3) is 10.9 Å². The average molecular weight is 611 g/mol. The predicted octanol–water partition coefficient (Wildman–Crippen LogP) is 5.06. The van der Waals surface area contributed by atoms with Gasteiger partial charge in [0.1, 0.15) is 10.9 Å². The van der Waals surface area contributed by atoms with Crippen LogP contribution in [-0.2, 0) is 29.9 Å². The van der Waals surface area contributed by atoms with Crippen LogP contribution in [0, 0.1) is 6.92 Å². The van der Waals surface area contributed by atoms with E-state index in [1.165, 1.54) is 24.1 Å². The highest BCUT2D eigenvalue weighted by Crippen LogP contribution is 2.34. The summed E-state index contributed by atoms with van der Waals surface area (Å²) in [6.07, 6.45) is 1.05. The molecule has 11 heteroatoms. The monoisotopic (exact) mass is 610 g/mol. The summed E-state index contributed by atoms with van der Waals surface area (Å²) in [6.45, 7) is 3.63. The third-order valence-electron chi connectivity index (χ3n) is 7.14. The van der Waals surface area contributed by atoms with Crippen LogP contribution < -0.4 is 14.8 Å². The van der Waals surface area contributed by atoms with Gasteiger partial charge in [0.15, 0.2) is 0 Å². The van der Waals surface area contributed by atoms with Crippen molar-refractivity contribution in [3.8, 4) is 5.75 Å². The molecule has 1 aromatic heterocycles. The third kappa shape index (κ3) is 6.55. The lowest BCUT2D eigenvalue weighted by Crippen LogP contribution is -2.40. The minimum Gasteiger partial charge on any atom is -0.496 e. The second-order valence-corrected chi connectivity index (χ2v) is 12.5. The molecule has 1 heterocycles. The van der Waals surface area contributed by atoms with Crippen LogP contribution in [0.3, 0.4) is 0 Å². The standard InChI is InChI=1S/C31H35ClN4O5S/c1-19-9-7-8-10-28(19)42(39,40)34-30(37)23-13-12-22(27(18-23)41-6)17-25-24-16-21(11-14-26(24)36(5)29(25)32)15-20(2)33-31(38)35(3)4/h7-14,16,18,20H,15,17H2,1-6H3,(H,33,38)(H,34,37). The molecule has 0 aliphatic carbocycles. The molecule has 222 valence electrons. The first-order valence-corrected chi connectivity index (χ1v) is 15.2. The zero-order valence-corrected chi connectivity index (χ0v) is 26.1. The van der Waals surface area contributed by atoms with Crippen LogP contribution in [0.2, 0.25) is 5.15 Å². The number of fused-ring (bicyclic) bond motifs is 1. The number of methoxy groups -OCH3 is 1. The number of hydrogen-bond donors (Lipinski definition) is 2. The maximum absolute atomic E-state index is 12.9. The van der Waals surface area contributed by atoms with Gasteiger partial charge in [0.2, 0.25) is 0 Å². The molecule has 1 atom stereocenters. The van der Waals surface area contributed by atoms with Gasteiger partial charge in [0.25, 0.3) is 15.9 Å². The Hall–Kier alpha value is -4.02. The molecule has 0 saturated carbocycles. The van der Waals surface area contributed by atoms with Crippen LogP contribution >= 0.6 is 11.6 Å². The lowest BCUT2D eigenvalue weighted by atomic mass is 9.99. The first-order valence-electron chi connectivity index (χ1n) is 13.4. The molecule has 3 aromatic carbocycles. The van der Waals surface area contributed by atoms with Crippen molar-refractivity contribution >= 4 is 44.5 Å². The van der Waals surface area contributed by atoms with Crippen LogP contribution in [0.4, 0.5) is 4.79 Å². The highest BCUT2D eigenvalue weighted by molar-refractivity contribution is 7.90. The Morgan fingerprint density at radius 1 is 1.07 bits per heavy atom. The van der Waals surface area contributed by atoms with Crippen LogP contribution in [0.15, 0.2) is 65.6 Å². The van der Waals surface area contributed by atoms with E-state index in [0.29, 0.717) is 29.3 Å². The summed E-state index contributed by atoms with van der Waals surface area (Å²) in [7, 11) is 2.74. The fourth-order valence-corrected chi connectivity index (χ4v) is 6.37. The summed E-state index contributed by atoms with van der Waals surface area (Å²) in [6, 6.07) is 17.2. The van der Waals surface area contributed by atoms with Crippen LogP contribution in [0.1, 0.15) is 39.5 Å². The number of aryl methyl sites for hydroxylation is 2. The van der Waals surface area contributed by atoms with Gasteiger partial charge in [-0.2, -0.15) is 0 Å². The van der Waals surface area contributed by atoms with Gasteiger partial charge >= 0.3 is 6.03 Å². The zero-order chi connectivity index (χ0) is 30.8. The number of amides is 3. The second kappa shape index (κ2) is 12.5. The number of aromatic nitrogens is 1. The largest absolute Gasteiger partial charge is 0.496 e. The lowest BCUT2D eigenvalue weighted by molar-refractivity contribution is 0.0981. The van der Waals surface area contributed by atoms with Crippen molar-refractivity contribution in [2.75, 3.05) is 21.2 Å². The molecule has 0 radical (unpaired) electrons. The molecule has 4 rings (SSSR count). The molecule has 0 saturated heterocycles. The van der Waals surface area contributed by atoms with Crippen molar-refractivity contribution in [3.63, 3.8) is 0 Å². The summed E-state index contributed by atoms with van der Waals surface area (Å²) in [5, 5.41) is 4.52. The number of halogens is 1. The molecule has 0 aliphatic rings. The summed E-state index contributed by atoms with van der Waals surface area (Å²) in [5.74, 6) is -0.327. The van der Waals surface area contributed by atoms with Gasteiger partial charge in [0.05, 0.1) is 12.0 Å². The number of nitrogens with zero attached hydrogens (tertiary/aromatic N) is 2. The van der Waals surface area contributed by atoms with E-state index in [9.17, 15) is 18.0 Å². The fourth-order valence-electron chi connectivity index (χ4n) is 4.89. The fraction of sp³-hybridized carbons (Fsp3) is 0.290. The number of nitrogens with one attached hydrogen (secondary N) is 2. The summed E-state index contributed by atoms with van der Waals surface area (Å²) >= 11 is 6.80. The Kier molecular flexibility index (Phi) is 9.18. The van der Waals surface area contributed by atoms with Crippen molar-refractivity contribution in [2.24, 2.45) is 7.05 Å². The van der Waals surface area contributed by atoms with Crippen molar-refractivity contribution < 1.29 is 22.7 Å². The SMILES string of the molecule is COc1cc(C(=O)NS(=O)(=O)c2ccccc2C)ccc1Cc1c(Cl)n(C)c2ccc(CC(C)NC(=O)N(C)C)cc12. The van der Waals surface area contributed by atoms with Crippen molar-refractivity contribution in [1.82, 2.24) is 19.5 Å². The average Bonchev–Trinajstić information content (AvgIpc) is 3.17. The predicted molar refractivity (Wildman–Crippen MR) is 165 cm³/mol. The number of carbonyl (C=O) groups is 2. The molecule has 0 bridgehead atoms. The molecule has 0 spiro atoms. The van der Waals surface area contributed by atoms with Gasteiger partial charge < -0.3 is 19.5 Å². The van der Waals surface area contributed by atoms with E-state index in [-0.39, 0.29) is 22.5 Å². The minimum absolute atomic E-state index is 0.0429. The molecule has 2 N–H and O–H groups in total. The highest BCUT2D eigenvalue weighted by Gasteiger charge is 2.22. The number of rotatable bonds is 9. The van der Waals surface area contributed by atoms with E-state index in [1.54, 1.807) is 51.4 Å². The molecule has 1 unspecified atom stereocenters. The number of urea groups is 1. The van der Waals surface area contributed by atoms with Gasteiger partial charge in [-0.3, -0.25) is 4.79 Å². The van der Waals surface area contributed by atoms with Gasteiger partial charge in [0, 0.05) is 55.6 Å². The second-order valence-electron chi connectivity index (χ2n) is 10.5. The van der Waals surface area contributed by atoms with Crippen LogP contribution in [-0.4, -0.2) is 57.1 Å². The maximum atomic E-state index is 12.9. The maximum Gasteiger partial charge on any atom is 0.317 e. The minimum atomic E-state index is -4.05. The zero-order valence-electron chi connectivity index (χ0n) is 24.5. The van der Waals surface area contributed by atoms with E-state index in [1.807, 2.05) is 30.7 Å². The van der Waals surface area contributed by atoms with Crippen LogP contribution in [0.5, 0.6) is 5.75 Å². The van der Waals surface area contributed by atoms with E-state index >= 15 is 0 Å². The molecule has 4 aromatic rings. The van der Waals surface area contributed by atoms with E-state index in [0.717, 1.165) is 27.6 Å². The highest BCUT2D eigenvalue weighted by atomic mass is 35.5. The Morgan fingerprint density at radius 2 is 1.79 bits per heavy atom. The molecule has 3 amide bonds. The smallest absolute Gasteiger partial charge is 0.317 e. The molecular formula is C31H35ClN4O5S. The first kappa shape index (κ1) is 30.9. The number of ether oxygens (including phenoxy) is 1. The van der Waals surface area contributed by atoms with E-state index in [4.69, 9.17) is 16.3 Å². The third-order valence-corrected chi connectivity index (χ3v) is 9.11. The van der Waals surface area contributed by atoms with Gasteiger partial charge in [-0.25, -0.2) is 17.9 Å². The van der Waals surface area contributed by atoms with Gasteiger partial charge in [-0.05, 0) is 67.3 Å². The Labute approximate surface area is 251 Å². The summed E-state index contributed by atoms with van der Waals surface area (Å²) < 4.78 is 35.4. The van der Waals surface area contributed by atoms with Gasteiger partial charge in [-0.1, -0.05) is 41.9 Å². The Morgan fingerprint density at radius 3 is 2.45 bits per heavy atom. The normalized spacial score (nSPS) is 12.2. The number of carbonyl (C=O) groups excluding carboxylic acids is 2. The molecule has 9 nitrogen and oxygen atoms in total. The first-order chi connectivity index (χ1) is 19.8. The van der Waals surface area contributed by atoms with Crippen molar-refractivity contribution in [3.05, 3.63) is 93.6 Å². The topological polar surface area (TPSA) is 110 Å². The van der Waals surface area contributed by atoms with Crippen molar-refractivity contribution in [1.29, 1.82) is 0 Å². The quantitative estimate of drug-likeness (QED) is 0.275. The van der Waals surface area contributed by atoms with Crippen molar-refractivity contribution in [2.45, 2.75) is 37.6 Å². The number of benzene rings is 3. The Bertz CT molecular complexity index is 1760. The Balaban J connectivity index is 1.60. The molecular weight excluding hydrogens is 576 g/mol. The van der Waals surface area contributed by atoms with E-state index < -0.39 is 15.9 Å². The van der Waals surface area contributed by atoms with E-state index in [2.05, 4.69) is 16.1 Å². The summed E-state index contributed by atoms with van der Waals surface area (Å²) in [4.78, 5) is 26.6.